The van der Waals surface area contributed by atoms with Gasteiger partial charge in [0.05, 0.1) is 24.8 Å². The lowest BCUT2D eigenvalue weighted by molar-refractivity contribution is -0.155. The van der Waals surface area contributed by atoms with Crippen molar-refractivity contribution < 1.29 is 23.9 Å². The van der Waals surface area contributed by atoms with Crippen LogP contribution in [0, 0.1) is 0 Å². The molecule has 1 amide bonds. The molecule has 1 aliphatic rings. The molecular formula is C20H18ClNO5. The van der Waals surface area contributed by atoms with E-state index in [1.54, 1.807) is 49.6 Å². The number of carbonyl (C=O) groups excluding carboxylic acids is 3. The van der Waals surface area contributed by atoms with E-state index in [1.807, 2.05) is 0 Å². The molecule has 1 atom stereocenters. The van der Waals surface area contributed by atoms with Crippen molar-refractivity contribution in [3.05, 3.63) is 64.2 Å². The van der Waals surface area contributed by atoms with Crippen LogP contribution >= 0.6 is 11.6 Å². The molecule has 2 aromatic carbocycles. The van der Waals surface area contributed by atoms with Crippen LogP contribution in [0.15, 0.2) is 42.5 Å². The van der Waals surface area contributed by atoms with E-state index in [9.17, 15) is 14.4 Å². The van der Waals surface area contributed by atoms with Crippen LogP contribution in [0.1, 0.15) is 27.9 Å². The highest BCUT2D eigenvalue weighted by Gasteiger charge is 2.56. The van der Waals surface area contributed by atoms with Gasteiger partial charge in [-0.25, -0.2) is 4.79 Å². The molecule has 0 aliphatic carbocycles. The summed E-state index contributed by atoms with van der Waals surface area (Å²) < 4.78 is 10.1. The number of amides is 1. The van der Waals surface area contributed by atoms with Gasteiger partial charge in [0.15, 0.2) is 5.54 Å². The zero-order valence-electron chi connectivity index (χ0n) is 14.9. The molecule has 2 aromatic rings. The fourth-order valence-corrected chi connectivity index (χ4v) is 3.73. The standard InChI is InChI=1S/C20H18ClNO5/c1-26-14-8-6-13(7-9-14)12-22-18(24)17-15(4-3-5-16(17)21)20(22,10-11-23)19(25)27-2/h3-9,11H,10,12H2,1-2H3/t20-/m1/s1. The van der Waals surface area contributed by atoms with E-state index in [4.69, 9.17) is 21.1 Å². The van der Waals surface area contributed by atoms with Gasteiger partial charge in [0.25, 0.3) is 5.91 Å². The molecular weight excluding hydrogens is 370 g/mol. The van der Waals surface area contributed by atoms with Gasteiger partial charge < -0.3 is 19.2 Å². The molecule has 7 heteroatoms. The van der Waals surface area contributed by atoms with Crippen molar-refractivity contribution in [3.63, 3.8) is 0 Å². The third-order valence-corrected chi connectivity index (χ3v) is 5.10. The Bertz CT molecular complexity index is 896. The Morgan fingerprint density at radius 2 is 1.89 bits per heavy atom. The fraction of sp³-hybridized carbons (Fsp3) is 0.250. The minimum atomic E-state index is -1.55. The molecule has 0 N–H and O–H groups in total. The molecule has 0 saturated carbocycles. The van der Waals surface area contributed by atoms with E-state index in [0.29, 0.717) is 17.6 Å². The quantitative estimate of drug-likeness (QED) is 0.563. The maximum absolute atomic E-state index is 13.1. The number of carbonyl (C=O) groups is 3. The topological polar surface area (TPSA) is 72.9 Å². The van der Waals surface area contributed by atoms with Gasteiger partial charge in [-0.15, -0.1) is 0 Å². The van der Waals surface area contributed by atoms with E-state index < -0.39 is 17.4 Å². The van der Waals surface area contributed by atoms with Crippen LogP contribution in [0.2, 0.25) is 5.02 Å². The highest BCUT2D eigenvalue weighted by Crippen LogP contribution is 2.45. The number of methoxy groups -OCH3 is 2. The number of esters is 1. The molecule has 0 fully saturated rings. The van der Waals surface area contributed by atoms with Crippen molar-refractivity contribution in [2.75, 3.05) is 14.2 Å². The Morgan fingerprint density at radius 1 is 1.19 bits per heavy atom. The Kier molecular flexibility index (Phi) is 5.19. The summed E-state index contributed by atoms with van der Waals surface area (Å²) in [6, 6.07) is 12.0. The van der Waals surface area contributed by atoms with Gasteiger partial charge in [-0.1, -0.05) is 35.9 Å². The Morgan fingerprint density at radius 3 is 2.48 bits per heavy atom. The van der Waals surface area contributed by atoms with Crippen molar-refractivity contribution >= 4 is 29.8 Å². The van der Waals surface area contributed by atoms with Crippen LogP contribution in [-0.4, -0.2) is 37.3 Å². The van der Waals surface area contributed by atoms with E-state index in [2.05, 4.69) is 0 Å². The lowest BCUT2D eigenvalue weighted by atomic mass is 9.86. The van der Waals surface area contributed by atoms with Crippen molar-refractivity contribution in [2.45, 2.75) is 18.5 Å². The monoisotopic (exact) mass is 387 g/mol. The minimum absolute atomic E-state index is 0.108. The van der Waals surface area contributed by atoms with Crippen LogP contribution in [-0.2, 0) is 26.4 Å². The number of halogens is 1. The first-order valence-corrected chi connectivity index (χ1v) is 8.63. The summed E-state index contributed by atoms with van der Waals surface area (Å²) in [5.74, 6) is -0.430. The lowest BCUT2D eigenvalue weighted by Crippen LogP contribution is -2.50. The minimum Gasteiger partial charge on any atom is -0.497 e. The van der Waals surface area contributed by atoms with Gasteiger partial charge in [0.2, 0.25) is 0 Å². The van der Waals surface area contributed by atoms with E-state index in [0.717, 1.165) is 5.56 Å². The molecule has 0 spiro atoms. The van der Waals surface area contributed by atoms with Crippen LogP contribution in [0.25, 0.3) is 0 Å². The average Bonchev–Trinajstić information content (AvgIpc) is 2.92. The molecule has 1 aliphatic heterocycles. The summed E-state index contributed by atoms with van der Waals surface area (Å²) in [5.41, 5.74) is -0.173. The van der Waals surface area contributed by atoms with Gasteiger partial charge >= 0.3 is 5.97 Å². The number of rotatable bonds is 6. The first kappa shape index (κ1) is 18.9. The summed E-state index contributed by atoms with van der Waals surface area (Å²) in [4.78, 5) is 38.8. The molecule has 0 aromatic heterocycles. The summed E-state index contributed by atoms with van der Waals surface area (Å²) in [6.07, 6.45) is 0.385. The lowest BCUT2D eigenvalue weighted by Gasteiger charge is -2.35. The summed E-state index contributed by atoms with van der Waals surface area (Å²) in [5, 5.41) is 0.230. The number of nitrogens with zero attached hydrogens (tertiary/aromatic N) is 1. The maximum Gasteiger partial charge on any atom is 0.337 e. The molecule has 3 rings (SSSR count). The highest BCUT2D eigenvalue weighted by atomic mass is 35.5. The van der Waals surface area contributed by atoms with Crippen LogP contribution < -0.4 is 4.74 Å². The van der Waals surface area contributed by atoms with E-state index in [1.165, 1.54) is 12.0 Å². The molecule has 0 saturated heterocycles. The van der Waals surface area contributed by atoms with Gasteiger partial charge in [0, 0.05) is 18.5 Å². The predicted octanol–water partition coefficient (Wildman–Crippen LogP) is 2.96. The van der Waals surface area contributed by atoms with Gasteiger partial charge in [-0.05, 0) is 23.8 Å². The fourth-order valence-electron chi connectivity index (χ4n) is 3.47. The molecule has 0 bridgehead atoms. The Hall–Kier alpha value is -2.86. The number of hydrogen-bond donors (Lipinski definition) is 0. The average molecular weight is 388 g/mol. The number of hydrogen-bond acceptors (Lipinski definition) is 5. The Balaban J connectivity index is 2.14. The first-order chi connectivity index (χ1) is 13.0. The number of benzene rings is 2. The number of fused-ring (bicyclic) bond motifs is 1. The van der Waals surface area contributed by atoms with Crippen molar-refractivity contribution in [3.8, 4) is 5.75 Å². The van der Waals surface area contributed by atoms with Crippen molar-refractivity contribution in [2.24, 2.45) is 0 Å². The summed E-state index contributed by atoms with van der Waals surface area (Å²) in [6.45, 7) is 0.108. The SMILES string of the molecule is COC(=O)[C@@]1(CC=O)c2cccc(Cl)c2C(=O)N1Cc1ccc(OC)cc1. The zero-order chi connectivity index (χ0) is 19.6. The third kappa shape index (κ3) is 2.96. The second-order valence-electron chi connectivity index (χ2n) is 6.12. The van der Waals surface area contributed by atoms with Crippen molar-refractivity contribution in [1.29, 1.82) is 0 Å². The second-order valence-corrected chi connectivity index (χ2v) is 6.53. The molecule has 0 unspecified atom stereocenters. The molecule has 0 radical (unpaired) electrons. The normalized spacial score (nSPS) is 18.2. The molecule has 27 heavy (non-hydrogen) atoms. The maximum atomic E-state index is 13.1. The van der Waals surface area contributed by atoms with E-state index >= 15 is 0 Å². The predicted molar refractivity (Wildman–Crippen MR) is 98.7 cm³/mol. The largest absolute Gasteiger partial charge is 0.497 e. The first-order valence-electron chi connectivity index (χ1n) is 8.25. The van der Waals surface area contributed by atoms with Crippen LogP contribution in [0.5, 0.6) is 5.75 Å². The zero-order valence-corrected chi connectivity index (χ0v) is 15.7. The highest BCUT2D eigenvalue weighted by molar-refractivity contribution is 6.34. The summed E-state index contributed by atoms with van der Waals surface area (Å²) in [7, 11) is 2.79. The molecule has 6 nitrogen and oxygen atoms in total. The van der Waals surface area contributed by atoms with Gasteiger partial charge in [-0.2, -0.15) is 0 Å². The smallest absolute Gasteiger partial charge is 0.337 e. The summed E-state index contributed by atoms with van der Waals surface area (Å²) >= 11 is 6.24. The second kappa shape index (κ2) is 7.40. The van der Waals surface area contributed by atoms with Crippen LogP contribution in [0.4, 0.5) is 0 Å². The number of aldehydes is 1. The van der Waals surface area contributed by atoms with Gasteiger partial charge in [-0.3, -0.25) is 4.79 Å². The van der Waals surface area contributed by atoms with Crippen LogP contribution in [0.3, 0.4) is 0 Å². The van der Waals surface area contributed by atoms with Gasteiger partial charge in [0.1, 0.15) is 12.0 Å². The Labute approximate surface area is 161 Å². The third-order valence-electron chi connectivity index (χ3n) is 4.78. The molecule has 140 valence electrons. The molecule has 1 heterocycles. The number of ether oxygens (including phenoxy) is 2. The van der Waals surface area contributed by atoms with Crippen molar-refractivity contribution in [1.82, 2.24) is 4.90 Å². The van der Waals surface area contributed by atoms with E-state index in [-0.39, 0.29) is 23.6 Å².